The van der Waals surface area contributed by atoms with Gasteiger partial charge < -0.3 is 0 Å². The van der Waals surface area contributed by atoms with Crippen LogP contribution in [0.15, 0.2) is 23.6 Å². The van der Waals surface area contributed by atoms with Gasteiger partial charge in [-0.1, -0.05) is 6.07 Å². The third kappa shape index (κ3) is 2.80. The average molecular weight is 336 g/mol. The molecule has 0 aromatic carbocycles. The van der Waals surface area contributed by atoms with Crippen molar-refractivity contribution in [2.45, 2.75) is 26.1 Å². The Morgan fingerprint density at radius 1 is 1.39 bits per heavy atom. The minimum atomic E-state index is -4.50. The Bertz CT molecular complexity index is 888. The van der Waals surface area contributed by atoms with E-state index in [1.54, 1.807) is 17.5 Å². The summed E-state index contributed by atoms with van der Waals surface area (Å²) in [4.78, 5) is 5.02. The molecule has 3 rings (SSSR count). The SMILES string of the molecule is Cc1nn(CCC#N)c2nc(-c3cccs3)cc(C(F)(F)F)c12. The van der Waals surface area contributed by atoms with Gasteiger partial charge in [0, 0.05) is 0 Å². The number of aromatic nitrogens is 3. The Balaban J connectivity index is 2.31. The molecule has 0 atom stereocenters. The van der Waals surface area contributed by atoms with Crippen molar-refractivity contribution in [1.29, 1.82) is 5.26 Å². The fourth-order valence-corrected chi connectivity index (χ4v) is 3.13. The minimum absolute atomic E-state index is 0.00394. The molecule has 0 fully saturated rings. The summed E-state index contributed by atoms with van der Waals surface area (Å²) in [6.07, 6.45) is -4.34. The maximum absolute atomic E-state index is 13.5. The zero-order chi connectivity index (χ0) is 16.6. The fourth-order valence-electron chi connectivity index (χ4n) is 2.44. The summed E-state index contributed by atoms with van der Waals surface area (Å²) in [7, 11) is 0. The summed E-state index contributed by atoms with van der Waals surface area (Å²) in [5.41, 5.74) is -0.0593. The van der Waals surface area contributed by atoms with Gasteiger partial charge in [0.05, 0.1) is 46.2 Å². The molecule has 0 unspecified atom stereocenters. The number of pyridine rings is 1. The molecule has 0 aliphatic carbocycles. The number of alkyl halides is 3. The lowest BCUT2D eigenvalue weighted by molar-refractivity contribution is -0.136. The second kappa shape index (κ2) is 5.66. The molecular formula is C15H11F3N4S. The number of aryl methyl sites for hydroxylation is 2. The summed E-state index contributed by atoms with van der Waals surface area (Å²) < 4.78 is 41.8. The Morgan fingerprint density at radius 3 is 2.78 bits per heavy atom. The van der Waals surface area contributed by atoms with Crippen LogP contribution in [-0.4, -0.2) is 14.8 Å². The van der Waals surface area contributed by atoms with Crippen LogP contribution in [-0.2, 0) is 12.7 Å². The lowest BCUT2D eigenvalue weighted by atomic mass is 10.1. The van der Waals surface area contributed by atoms with Crippen LogP contribution < -0.4 is 0 Å². The van der Waals surface area contributed by atoms with Crippen molar-refractivity contribution in [3.05, 3.63) is 34.8 Å². The number of nitrogens with zero attached hydrogens (tertiary/aromatic N) is 4. The monoisotopic (exact) mass is 336 g/mol. The van der Waals surface area contributed by atoms with Gasteiger partial charge in [-0.3, -0.25) is 0 Å². The van der Waals surface area contributed by atoms with E-state index in [0.717, 1.165) is 6.07 Å². The number of halogens is 3. The summed E-state index contributed by atoms with van der Waals surface area (Å²) in [5.74, 6) is 0. The van der Waals surface area contributed by atoms with E-state index in [-0.39, 0.29) is 35.4 Å². The van der Waals surface area contributed by atoms with Gasteiger partial charge in [0.2, 0.25) is 0 Å². The van der Waals surface area contributed by atoms with Crippen LogP contribution in [0.1, 0.15) is 17.7 Å². The molecule has 8 heteroatoms. The van der Waals surface area contributed by atoms with E-state index in [1.807, 2.05) is 6.07 Å². The molecule has 3 aromatic rings. The van der Waals surface area contributed by atoms with E-state index in [9.17, 15) is 13.2 Å². The molecule has 0 bridgehead atoms. The molecule has 0 spiro atoms. The van der Waals surface area contributed by atoms with Gasteiger partial charge in [-0.05, 0) is 24.4 Å². The lowest BCUT2D eigenvalue weighted by Gasteiger charge is -2.10. The number of thiophene rings is 1. The minimum Gasteiger partial charge on any atom is -0.246 e. The van der Waals surface area contributed by atoms with Gasteiger partial charge in [0.15, 0.2) is 5.65 Å². The van der Waals surface area contributed by atoms with Crippen molar-refractivity contribution in [3.8, 4) is 16.6 Å². The van der Waals surface area contributed by atoms with Crippen molar-refractivity contribution in [2.24, 2.45) is 0 Å². The number of hydrogen-bond acceptors (Lipinski definition) is 4. The highest BCUT2D eigenvalue weighted by Crippen LogP contribution is 2.38. The van der Waals surface area contributed by atoms with Crippen LogP contribution in [0.2, 0.25) is 0 Å². The van der Waals surface area contributed by atoms with Crippen molar-refractivity contribution < 1.29 is 13.2 Å². The van der Waals surface area contributed by atoms with Gasteiger partial charge in [-0.15, -0.1) is 11.3 Å². The number of rotatable bonds is 3. The number of fused-ring (bicyclic) bond motifs is 1. The topological polar surface area (TPSA) is 54.5 Å². The zero-order valence-corrected chi connectivity index (χ0v) is 12.9. The first-order valence-corrected chi connectivity index (χ1v) is 7.66. The Hall–Kier alpha value is -2.40. The third-order valence-corrected chi connectivity index (χ3v) is 4.28. The van der Waals surface area contributed by atoms with E-state index in [2.05, 4.69) is 10.1 Å². The predicted octanol–water partition coefficient (Wildman–Crippen LogP) is 4.40. The van der Waals surface area contributed by atoms with Gasteiger partial charge in [-0.2, -0.15) is 23.5 Å². The molecule has 4 nitrogen and oxygen atoms in total. The van der Waals surface area contributed by atoms with Crippen LogP contribution in [0.4, 0.5) is 13.2 Å². The number of nitriles is 1. The first-order chi connectivity index (χ1) is 10.9. The molecule has 23 heavy (non-hydrogen) atoms. The largest absolute Gasteiger partial charge is 0.417 e. The van der Waals surface area contributed by atoms with Gasteiger partial charge in [0.1, 0.15) is 0 Å². The van der Waals surface area contributed by atoms with E-state index < -0.39 is 11.7 Å². The molecule has 0 amide bonds. The Labute approximate surface area is 133 Å². The lowest BCUT2D eigenvalue weighted by Crippen LogP contribution is -2.08. The standard InChI is InChI=1S/C15H11F3N4S/c1-9-13-10(15(16,17)18)8-11(12-4-2-7-23-12)20-14(13)22(21-9)6-3-5-19/h2,4,7-8H,3,6H2,1H3. The molecule has 118 valence electrons. The maximum Gasteiger partial charge on any atom is 0.417 e. The van der Waals surface area contributed by atoms with Crippen LogP contribution in [0, 0.1) is 18.3 Å². The van der Waals surface area contributed by atoms with Gasteiger partial charge >= 0.3 is 6.18 Å². The maximum atomic E-state index is 13.5. The molecule has 0 radical (unpaired) electrons. The van der Waals surface area contributed by atoms with Crippen molar-refractivity contribution in [2.75, 3.05) is 0 Å². The van der Waals surface area contributed by atoms with Crippen LogP contribution in [0.3, 0.4) is 0 Å². The van der Waals surface area contributed by atoms with E-state index in [0.29, 0.717) is 4.88 Å². The molecule has 3 aromatic heterocycles. The van der Waals surface area contributed by atoms with Crippen LogP contribution in [0.25, 0.3) is 21.6 Å². The fraction of sp³-hybridized carbons (Fsp3) is 0.267. The van der Waals surface area contributed by atoms with Crippen LogP contribution >= 0.6 is 11.3 Å². The molecule has 0 saturated heterocycles. The first kappa shape index (κ1) is 15.5. The highest BCUT2D eigenvalue weighted by molar-refractivity contribution is 7.13. The van der Waals surface area contributed by atoms with Gasteiger partial charge in [0.25, 0.3) is 0 Å². The number of hydrogen-bond donors (Lipinski definition) is 0. The molecular weight excluding hydrogens is 325 g/mol. The highest BCUT2D eigenvalue weighted by Gasteiger charge is 2.35. The Kier molecular flexibility index (Phi) is 3.82. The third-order valence-electron chi connectivity index (χ3n) is 3.39. The summed E-state index contributed by atoms with van der Waals surface area (Å²) >= 11 is 1.32. The second-order valence-corrected chi connectivity index (χ2v) is 5.89. The second-order valence-electron chi connectivity index (χ2n) is 4.95. The predicted molar refractivity (Wildman–Crippen MR) is 80.8 cm³/mol. The van der Waals surface area contributed by atoms with Crippen LogP contribution in [0.5, 0.6) is 0 Å². The molecule has 3 heterocycles. The quantitative estimate of drug-likeness (QED) is 0.712. The summed E-state index contributed by atoms with van der Waals surface area (Å²) in [6, 6.07) is 6.52. The summed E-state index contributed by atoms with van der Waals surface area (Å²) in [6.45, 7) is 1.73. The Morgan fingerprint density at radius 2 is 2.17 bits per heavy atom. The van der Waals surface area contributed by atoms with Crippen molar-refractivity contribution in [1.82, 2.24) is 14.8 Å². The smallest absolute Gasteiger partial charge is 0.246 e. The van der Waals surface area contributed by atoms with Gasteiger partial charge in [-0.25, -0.2) is 9.67 Å². The highest BCUT2D eigenvalue weighted by atomic mass is 32.1. The average Bonchev–Trinajstić information content (AvgIpc) is 3.12. The molecule has 0 N–H and O–H groups in total. The van der Waals surface area contributed by atoms with Crippen molar-refractivity contribution >= 4 is 22.4 Å². The normalized spacial score (nSPS) is 11.8. The van der Waals surface area contributed by atoms with E-state index in [4.69, 9.17) is 5.26 Å². The summed E-state index contributed by atoms with van der Waals surface area (Å²) in [5, 5.41) is 14.6. The van der Waals surface area contributed by atoms with E-state index >= 15 is 0 Å². The molecule has 0 saturated carbocycles. The van der Waals surface area contributed by atoms with E-state index in [1.165, 1.54) is 22.9 Å². The molecule has 0 aliphatic heterocycles. The molecule has 0 aliphatic rings. The first-order valence-electron chi connectivity index (χ1n) is 6.78. The zero-order valence-electron chi connectivity index (χ0n) is 12.1. The van der Waals surface area contributed by atoms with Crippen molar-refractivity contribution in [3.63, 3.8) is 0 Å².